The Morgan fingerprint density at radius 2 is 2.00 bits per heavy atom. The van der Waals surface area contributed by atoms with E-state index in [2.05, 4.69) is 25.9 Å². The SMILES string of the molecule is N#Cc1nc(-c2ccccc2)[nH]c1Br. The standard InChI is InChI=1S/C10H6BrN3/c11-9-8(6-12)13-10(14-9)7-4-2-1-3-5-7/h1-5H,(H,13,14). The third-order valence-corrected chi connectivity index (χ3v) is 2.39. The highest BCUT2D eigenvalue weighted by Crippen LogP contribution is 2.20. The zero-order valence-electron chi connectivity index (χ0n) is 7.16. The van der Waals surface area contributed by atoms with Gasteiger partial charge in [0.25, 0.3) is 0 Å². The number of halogens is 1. The third-order valence-electron chi connectivity index (χ3n) is 1.81. The van der Waals surface area contributed by atoms with Gasteiger partial charge in [-0.05, 0) is 15.9 Å². The van der Waals surface area contributed by atoms with Gasteiger partial charge in [-0.1, -0.05) is 30.3 Å². The molecule has 0 saturated carbocycles. The van der Waals surface area contributed by atoms with E-state index in [-0.39, 0.29) is 0 Å². The van der Waals surface area contributed by atoms with Crippen molar-refractivity contribution in [3.63, 3.8) is 0 Å². The molecule has 2 rings (SSSR count). The number of benzene rings is 1. The lowest BCUT2D eigenvalue weighted by Gasteiger charge is -1.93. The molecule has 0 aliphatic carbocycles. The number of hydrogen-bond donors (Lipinski definition) is 1. The zero-order chi connectivity index (χ0) is 9.97. The summed E-state index contributed by atoms with van der Waals surface area (Å²) in [6.07, 6.45) is 0. The molecule has 1 aromatic carbocycles. The summed E-state index contributed by atoms with van der Waals surface area (Å²) in [4.78, 5) is 7.13. The molecule has 1 heterocycles. The minimum absolute atomic E-state index is 0.379. The molecule has 68 valence electrons. The monoisotopic (exact) mass is 247 g/mol. The average Bonchev–Trinajstić information content (AvgIpc) is 2.61. The Kier molecular flexibility index (Phi) is 2.33. The van der Waals surface area contributed by atoms with Gasteiger partial charge in [0.2, 0.25) is 0 Å². The smallest absolute Gasteiger partial charge is 0.173 e. The topological polar surface area (TPSA) is 52.5 Å². The number of aromatic nitrogens is 2. The van der Waals surface area contributed by atoms with E-state index in [1.165, 1.54) is 0 Å². The first-order valence-electron chi connectivity index (χ1n) is 4.02. The molecule has 0 bridgehead atoms. The molecule has 0 saturated heterocycles. The van der Waals surface area contributed by atoms with Crippen LogP contribution in [0.2, 0.25) is 0 Å². The first-order valence-corrected chi connectivity index (χ1v) is 4.81. The normalized spacial score (nSPS) is 9.71. The second-order valence-corrected chi connectivity index (χ2v) is 3.52. The molecule has 0 atom stereocenters. The number of H-pyrrole nitrogens is 1. The number of hydrogen-bond acceptors (Lipinski definition) is 2. The Morgan fingerprint density at radius 1 is 1.29 bits per heavy atom. The molecular formula is C10H6BrN3. The molecule has 0 fully saturated rings. The number of imidazole rings is 1. The Morgan fingerprint density at radius 3 is 2.57 bits per heavy atom. The Hall–Kier alpha value is -1.60. The van der Waals surface area contributed by atoms with Crippen molar-refractivity contribution in [1.29, 1.82) is 5.26 Å². The van der Waals surface area contributed by atoms with Gasteiger partial charge < -0.3 is 4.98 Å². The summed E-state index contributed by atoms with van der Waals surface area (Å²) in [5.74, 6) is 0.703. The summed E-state index contributed by atoms with van der Waals surface area (Å²) in [6.45, 7) is 0. The van der Waals surface area contributed by atoms with Crippen LogP contribution in [0.5, 0.6) is 0 Å². The molecule has 0 amide bonds. The third kappa shape index (κ3) is 1.54. The van der Waals surface area contributed by atoms with Crippen LogP contribution in [0.3, 0.4) is 0 Å². The molecule has 0 aliphatic heterocycles. The summed E-state index contributed by atoms with van der Waals surface area (Å²) in [5, 5.41) is 8.72. The van der Waals surface area contributed by atoms with Crippen molar-refractivity contribution in [2.75, 3.05) is 0 Å². The van der Waals surface area contributed by atoms with E-state index in [4.69, 9.17) is 5.26 Å². The van der Waals surface area contributed by atoms with Gasteiger partial charge in [-0.15, -0.1) is 0 Å². The van der Waals surface area contributed by atoms with Crippen LogP contribution < -0.4 is 0 Å². The lowest BCUT2D eigenvalue weighted by Crippen LogP contribution is -1.78. The maximum Gasteiger partial charge on any atom is 0.173 e. The van der Waals surface area contributed by atoms with E-state index in [0.717, 1.165) is 5.56 Å². The van der Waals surface area contributed by atoms with E-state index in [9.17, 15) is 0 Å². The zero-order valence-corrected chi connectivity index (χ0v) is 8.75. The maximum absolute atomic E-state index is 8.72. The van der Waals surface area contributed by atoms with E-state index < -0.39 is 0 Å². The average molecular weight is 248 g/mol. The summed E-state index contributed by atoms with van der Waals surface area (Å²) in [5.41, 5.74) is 1.35. The van der Waals surface area contributed by atoms with Crippen molar-refractivity contribution in [2.24, 2.45) is 0 Å². The van der Waals surface area contributed by atoms with Gasteiger partial charge in [0.05, 0.1) is 0 Å². The van der Waals surface area contributed by atoms with Gasteiger partial charge >= 0.3 is 0 Å². The molecule has 2 aromatic rings. The van der Waals surface area contributed by atoms with Gasteiger partial charge in [-0.25, -0.2) is 4.98 Å². The molecule has 14 heavy (non-hydrogen) atoms. The second-order valence-electron chi connectivity index (χ2n) is 2.73. The van der Waals surface area contributed by atoms with Gasteiger partial charge in [0, 0.05) is 5.56 Å². The Labute approximate surface area is 89.5 Å². The fourth-order valence-electron chi connectivity index (χ4n) is 1.16. The van der Waals surface area contributed by atoms with Gasteiger partial charge in [-0.3, -0.25) is 0 Å². The van der Waals surface area contributed by atoms with E-state index >= 15 is 0 Å². The molecule has 1 aromatic heterocycles. The van der Waals surface area contributed by atoms with Crippen molar-refractivity contribution < 1.29 is 0 Å². The van der Waals surface area contributed by atoms with Gasteiger partial charge in [0.15, 0.2) is 5.69 Å². The van der Waals surface area contributed by atoms with Crippen LogP contribution in [0.1, 0.15) is 5.69 Å². The Bertz CT molecular complexity index is 482. The fourth-order valence-corrected chi connectivity index (χ4v) is 1.52. The summed E-state index contributed by atoms with van der Waals surface area (Å²) < 4.78 is 0.624. The summed E-state index contributed by atoms with van der Waals surface area (Å²) in [7, 11) is 0. The second kappa shape index (κ2) is 3.64. The number of nitrogens with zero attached hydrogens (tertiary/aromatic N) is 2. The van der Waals surface area contributed by atoms with E-state index in [0.29, 0.717) is 16.1 Å². The van der Waals surface area contributed by atoms with Crippen molar-refractivity contribution in [1.82, 2.24) is 9.97 Å². The molecule has 3 nitrogen and oxygen atoms in total. The van der Waals surface area contributed by atoms with Crippen LogP contribution in [-0.4, -0.2) is 9.97 Å². The predicted octanol–water partition coefficient (Wildman–Crippen LogP) is 2.71. The molecule has 0 spiro atoms. The lowest BCUT2D eigenvalue weighted by atomic mass is 10.2. The first-order chi connectivity index (χ1) is 6.81. The molecule has 1 N–H and O–H groups in total. The first kappa shape index (κ1) is 8.97. The van der Waals surface area contributed by atoms with E-state index in [1.807, 2.05) is 36.4 Å². The Balaban J connectivity index is 2.50. The maximum atomic E-state index is 8.72. The van der Waals surface area contributed by atoms with Crippen LogP contribution in [0.15, 0.2) is 34.9 Å². The lowest BCUT2D eigenvalue weighted by molar-refractivity contribution is 1.29. The van der Waals surface area contributed by atoms with Crippen LogP contribution in [0, 0.1) is 11.3 Å². The van der Waals surface area contributed by atoms with Crippen LogP contribution in [0.4, 0.5) is 0 Å². The molecule has 4 heteroatoms. The minimum atomic E-state index is 0.379. The molecule has 0 unspecified atom stereocenters. The number of nitrogens with one attached hydrogen (secondary N) is 1. The summed E-state index contributed by atoms with van der Waals surface area (Å²) in [6, 6.07) is 11.7. The largest absolute Gasteiger partial charge is 0.332 e. The summed E-state index contributed by atoms with van der Waals surface area (Å²) >= 11 is 3.23. The number of nitriles is 1. The molecule has 0 aliphatic rings. The van der Waals surface area contributed by atoms with Crippen LogP contribution in [-0.2, 0) is 0 Å². The van der Waals surface area contributed by atoms with Gasteiger partial charge in [-0.2, -0.15) is 5.26 Å². The highest BCUT2D eigenvalue weighted by molar-refractivity contribution is 9.10. The molecule has 0 radical (unpaired) electrons. The van der Waals surface area contributed by atoms with Crippen molar-refractivity contribution >= 4 is 15.9 Å². The minimum Gasteiger partial charge on any atom is -0.332 e. The van der Waals surface area contributed by atoms with E-state index in [1.54, 1.807) is 0 Å². The quantitative estimate of drug-likeness (QED) is 0.843. The van der Waals surface area contributed by atoms with Crippen molar-refractivity contribution in [2.45, 2.75) is 0 Å². The van der Waals surface area contributed by atoms with Crippen LogP contribution in [0.25, 0.3) is 11.4 Å². The van der Waals surface area contributed by atoms with Crippen molar-refractivity contribution in [3.8, 4) is 17.5 Å². The predicted molar refractivity (Wildman–Crippen MR) is 56.4 cm³/mol. The van der Waals surface area contributed by atoms with Gasteiger partial charge in [0.1, 0.15) is 16.5 Å². The van der Waals surface area contributed by atoms with Crippen LogP contribution >= 0.6 is 15.9 Å². The van der Waals surface area contributed by atoms with Crippen molar-refractivity contribution in [3.05, 3.63) is 40.6 Å². The molecular weight excluding hydrogens is 242 g/mol. The number of aromatic amines is 1. The fraction of sp³-hybridized carbons (Fsp3) is 0. The highest BCUT2D eigenvalue weighted by atomic mass is 79.9. The number of rotatable bonds is 1. The highest BCUT2D eigenvalue weighted by Gasteiger charge is 2.07.